The van der Waals surface area contributed by atoms with Gasteiger partial charge in [0.05, 0.1) is 18.6 Å². The first-order valence-electron chi connectivity index (χ1n) is 7.58. The largest absolute Gasteiger partial charge is 0.496 e. The summed E-state index contributed by atoms with van der Waals surface area (Å²) < 4.78 is 22.6. The van der Waals surface area contributed by atoms with E-state index < -0.39 is 0 Å². The first kappa shape index (κ1) is 16.7. The average molecular weight is 345 g/mol. The number of benzene rings is 1. The second kappa shape index (κ2) is 6.37. The van der Waals surface area contributed by atoms with Gasteiger partial charge in [0.15, 0.2) is 10.5 Å². The lowest BCUT2D eigenvalue weighted by Crippen LogP contribution is -1.94. The zero-order chi connectivity index (χ0) is 17.4. The van der Waals surface area contributed by atoms with Gasteiger partial charge in [-0.3, -0.25) is 0 Å². The highest BCUT2D eigenvalue weighted by molar-refractivity contribution is 7.71. The molecule has 3 rings (SSSR count). The van der Waals surface area contributed by atoms with Crippen LogP contribution in [-0.2, 0) is 4.74 Å². The van der Waals surface area contributed by atoms with E-state index in [9.17, 15) is 0 Å². The van der Waals surface area contributed by atoms with E-state index >= 15 is 0 Å². The predicted octanol–water partition coefficient (Wildman–Crippen LogP) is 5.15. The smallest absolute Gasteiger partial charge is 0.193 e. The van der Waals surface area contributed by atoms with Crippen molar-refractivity contribution < 1.29 is 18.4 Å². The molecule has 0 fully saturated rings. The van der Waals surface area contributed by atoms with Gasteiger partial charge in [-0.05, 0) is 50.7 Å². The molecule has 0 saturated heterocycles. The van der Waals surface area contributed by atoms with Crippen LogP contribution in [0.25, 0.3) is 22.3 Å². The van der Waals surface area contributed by atoms with E-state index in [1.54, 1.807) is 14.2 Å². The predicted molar refractivity (Wildman–Crippen MR) is 94.0 cm³/mol. The summed E-state index contributed by atoms with van der Waals surface area (Å²) in [5.74, 6) is 1.33. The molecule has 1 atom stereocenters. The second-order valence-corrected chi connectivity index (χ2v) is 6.06. The molecular weight excluding hydrogens is 326 g/mol. The molecule has 1 aromatic carbocycles. The van der Waals surface area contributed by atoms with Gasteiger partial charge >= 0.3 is 0 Å². The van der Waals surface area contributed by atoms with Gasteiger partial charge in [0.25, 0.3) is 0 Å². The molecule has 2 aromatic heterocycles. The Hall–Kier alpha value is -2.18. The van der Waals surface area contributed by atoms with Crippen LogP contribution in [0.2, 0.25) is 0 Å². The highest BCUT2D eigenvalue weighted by Crippen LogP contribution is 2.36. The summed E-state index contributed by atoms with van der Waals surface area (Å²) in [4.78, 5) is 0. The maximum absolute atomic E-state index is 5.80. The molecule has 2 heterocycles. The molecule has 6 heteroatoms. The summed E-state index contributed by atoms with van der Waals surface area (Å²) in [6, 6.07) is 5.65. The fraction of sp³-hybridized carbons (Fsp3) is 0.333. The number of fused-ring (bicyclic) bond motifs is 1. The molecule has 0 spiro atoms. The van der Waals surface area contributed by atoms with Crippen LogP contribution < -0.4 is 4.74 Å². The Morgan fingerprint density at radius 1 is 1.12 bits per heavy atom. The number of hydrogen-bond acceptors (Lipinski definition) is 6. The lowest BCUT2D eigenvalue weighted by atomic mass is 10.0. The number of ether oxygens (including phenoxy) is 2. The van der Waals surface area contributed by atoms with Crippen molar-refractivity contribution in [3.63, 3.8) is 0 Å². The minimum absolute atomic E-state index is 0.140. The number of hydrogen-bond donors (Lipinski definition) is 0. The van der Waals surface area contributed by atoms with Crippen molar-refractivity contribution in [1.29, 1.82) is 0 Å². The number of aromatic nitrogens is 1. The molecule has 0 aliphatic rings. The molecule has 24 heavy (non-hydrogen) atoms. The van der Waals surface area contributed by atoms with E-state index in [0.717, 1.165) is 27.8 Å². The van der Waals surface area contributed by atoms with Crippen LogP contribution in [0.3, 0.4) is 0 Å². The standard InChI is InChI=1S/C18H19NO4S/c1-9-10(2)18(24)22-16-7-12(6-15(21-5)17(9)16)14-8-13(19-23-14)11(3)20-4/h6-8,11H,1-5H3. The molecule has 0 aliphatic heterocycles. The van der Waals surface area contributed by atoms with Crippen LogP contribution in [0.4, 0.5) is 0 Å². The average Bonchev–Trinajstić information content (AvgIpc) is 3.08. The van der Waals surface area contributed by atoms with Crippen LogP contribution >= 0.6 is 12.2 Å². The molecule has 0 bridgehead atoms. The highest BCUT2D eigenvalue weighted by atomic mass is 32.1. The number of aryl methyl sites for hydroxylation is 1. The van der Waals surface area contributed by atoms with E-state index in [2.05, 4.69) is 5.16 Å². The summed E-state index contributed by atoms with van der Waals surface area (Å²) in [7, 11) is 3.26. The normalized spacial score (nSPS) is 12.5. The first-order chi connectivity index (χ1) is 11.5. The van der Waals surface area contributed by atoms with Gasteiger partial charge in [-0.25, -0.2) is 0 Å². The Morgan fingerprint density at radius 2 is 1.88 bits per heavy atom. The summed E-state index contributed by atoms with van der Waals surface area (Å²) in [6.45, 7) is 5.87. The molecule has 0 saturated carbocycles. The minimum Gasteiger partial charge on any atom is -0.496 e. The van der Waals surface area contributed by atoms with E-state index in [1.807, 2.05) is 39.0 Å². The lowest BCUT2D eigenvalue weighted by molar-refractivity contribution is 0.112. The third-order valence-electron chi connectivity index (χ3n) is 4.32. The first-order valence-corrected chi connectivity index (χ1v) is 7.99. The van der Waals surface area contributed by atoms with E-state index in [0.29, 0.717) is 21.8 Å². The molecule has 126 valence electrons. The van der Waals surface area contributed by atoms with Crippen molar-refractivity contribution >= 4 is 23.2 Å². The van der Waals surface area contributed by atoms with Crippen molar-refractivity contribution in [2.75, 3.05) is 14.2 Å². The lowest BCUT2D eigenvalue weighted by Gasteiger charge is -2.11. The molecule has 0 amide bonds. The van der Waals surface area contributed by atoms with Crippen LogP contribution in [0.5, 0.6) is 5.75 Å². The maximum atomic E-state index is 5.80. The fourth-order valence-corrected chi connectivity index (χ4v) is 2.84. The Bertz CT molecular complexity index is 958. The van der Waals surface area contributed by atoms with Crippen molar-refractivity contribution in [3.05, 3.63) is 39.7 Å². The Morgan fingerprint density at radius 3 is 2.54 bits per heavy atom. The van der Waals surface area contributed by atoms with Gasteiger partial charge in [-0.15, -0.1) is 0 Å². The highest BCUT2D eigenvalue weighted by Gasteiger charge is 2.17. The summed E-state index contributed by atoms with van der Waals surface area (Å²) >= 11 is 5.30. The SMILES string of the molecule is COc1cc(-c2cc(C(C)OC)no2)cc2oc(=S)c(C)c(C)c12. The van der Waals surface area contributed by atoms with Gasteiger partial charge < -0.3 is 18.4 Å². The third-order valence-corrected chi connectivity index (χ3v) is 4.70. The summed E-state index contributed by atoms with van der Waals surface area (Å²) in [5.41, 5.74) is 4.20. The topological polar surface area (TPSA) is 57.6 Å². The zero-order valence-corrected chi connectivity index (χ0v) is 15.1. The van der Waals surface area contributed by atoms with Gasteiger partial charge in [0.1, 0.15) is 17.0 Å². The van der Waals surface area contributed by atoms with Gasteiger partial charge in [-0.1, -0.05) is 5.16 Å². The minimum atomic E-state index is -0.140. The van der Waals surface area contributed by atoms with Crippen molar-refractivity contribution in [2.24, 2.45) is 0 Å². The molecular formula is C18H19NO4S. The molecule has 0 N–H and O–H groups in total. The molecule has 0 radical (unpaired) electrons. The quantitative estimate of drug-likeness (QED) is 0.610. The van der Waals surface area contributed by atoms with Crippen LogP contribution in [0.1, 0.15) is 29.8 Å². The number of methoxy groups -OCH3 is 2. The van der Waals surface area contributed by atoms with Gasteiger partial charge in [0.2, 0.25) is 0 Å². The van der Waals surface area contributed by atoms with Crippen molar-refractivity contribution in [3.8, 4) is 17.1 Å². The fourth-order valence-electron chi connectivity index (χ4n) is 2.60. The Kier molecular flexibility index (Phi) is 4.43. The maximum Gasteiger partial charge on any atom is 0.193 e. The second-order valence-electron chi connectivity index (χ2n) is 5.69. The monoisotopic (exact) mass is 345 g/mol. The molecule has 1 unspecified atom stereocenters. The van der Waals surface area contributed by atoms with Gasteiger partial charge in [-0.2, -0.15) is 0 Å². The number of rotatable bonds is 4. The Labute approximate surface area is 145 Å². The molecule has 0 aliphatic carbocycles. The van der Waals surface area contributed by atoms with Crippen molar-refractivity contribution in [2.45, 2.75) is 26.9 Å². The van der Waals surface area contributed by atoms with E-state index in [-0.39, 0.29) is 6.10 Å². The van der Waals surface area contributed by atoms with Gasteiger partial charge in [0, 0.05) is 24.3 Å². The summed E-state index contributed by atoms with van der Waals surface area (Å²) in [6.07, 6.45) is -0.140. The van der Waals surface area contributed by atoms with Crippen LogP contribution in [-0.4, -0.2) is 19.4 Å². The zero-order valence-electron chi connectivity index (χ0n) is 14.3. The summed E-state index contributed by atoms with van der Waals surface area (Å²) in [5, 5.41) is 4.97. The van der Waals surface area contributed by atoms with E-state index in [4.69, 9.17) is 30.6 Å². The third kappa shape index (κ3) is 2.72. The number of nitrogens with zero attached hydrogens (tertiary/aromatic N) is 1. The molecule has 5 nitrogen and oxygen atoms in total. The Balaban J connectivity index is 2.22. The van der Waals surface area contributed by atoms with Crippen LogP contribution in [0.15, 0.2) is 27.1 Å². The molecule has 3 aromatic rings. The van der Waals surface area contributed by atoms with Crippen molar-refractivity contribution in [1.82, 2.24) is 5.16 Å². The van der Waals surface area contributed by atoms with Crippen LogP contribution in [0, 0.1) is 18.6 Å². The van der Waals surface area contributed by atoms with E-state index in [1.165, 1.54) is 0 Å².